The van der Waals surface area contributed by atoms with Crippen molar-refractivity contribution in [1.29, 1.82) is 0 Å². The van der Waals surface area contributed by atoms with E-state index in [0.29, 0.717) is 19.0 Å². The Morgan fingerprint density at radius 3 is 2.08 bits per heavy atom. The average molecular weight is 322 g/mol. The van der Waals surface area contributed by atoms with Gasteiger partial charge in [-0.05, 0) is 24.0 Å². The zero-order chi connectivity index (χ0) is 16.8. The van der Waals surface area contributed by atoms with Crippen LogP contribution in [-0.2, 0) is 22.6 Å². The van der Waals surface area contributed by atoms with Crippen LogP contribution in [0.2, 0.25) is 0 Å². The lowest BCUT2D eigenvalue weighted by Crippen LogP contribution is -2.41. The largest absolute Gasteiger partial charge is 0.347 e. The van der Waals surface area contributed by atoms with E-state index >= 15 is 0 Å². The lowest BCUT2D eigenvalue weighted by atomic mass is 10.1. The minimum Gasteiger partial charge on any atom is -0.347 e. The van der Waals surface area contributed by atoms with Crippen molar-refractivity contribution in [3.8, 4) is 0 Å². The van der Waals surface area contributed by atoms with Crippen LogP contribution in [0.3, 0.4) is 0 Å². The van der Waals surface area contributed by atoms with Gasteiger partial charge in [-0.15, -0.1) is 0 Å². The number of carbonyl (C=O) groups excluding carboxylic acids is 2. The van der Waals surface area contributed by atoms with Crippen molar-refractivity contribution in [2.75, 3.05) is 6.54 Å². The molecule has 1 aliphatic carbocycles. The molecule has 0 aliphatic heterocycles. The molecular weight excluding hydrogens is 300 g/mol. The summed E-state index contributed by atoms with van der Waals surface area (Å²) in [4.78, 5) is 26.4. The lowest BCUT2D eigenvalue weighted by molar-refractivity contribution is -0.133. The first-order valence-electron chi connectivity index (χ1n) is 8.36. The number of carbonyl (C=O) groups is 2. The van der Waals surface area contributed by atoms with Crippen molar-refractivity contribution in [1.82, 2.24) is 10.2 Å². The molecule has 0 atom stereocenters. The van der Waals surface area contributed by atoms with Gasteiger partial charge in [-0.25, -0.2) is 0 Å². The highest BCUT2D eigenvalue weighted by atomic mass is 16.2. The minimum absolute atomic E-state index is 0.0113. The molecule has 0 heterocycles. The second-order valence-electron chi connectivity index (χ2n) is 6.18. The number of nitrogens with one attached hydrogen (secondary N) is 1. The van der Waals surface area contributed by atoms with Crippen molar-refractivity contribution >= 4 is 11.8 Å². The van der Waals surface area contributed by atoms with Gasteiger partial charge < -0.3 is 10.2 Å². The highest BCUT2D eigenvalue weighted by Gasteiger charge is 2.32. The number of rotatable bonds is 7. The van der Waals surface area contributed by atoms with Crippen LogP contribution in [0.15, 0.2) is 60.7 Å². The molecule has 0 radical (unpaired) electrons. The van der Waals surface area contributed by atoms with E-state index < -0.39 is 0 Å². The molecule has 0 aromatic heterocycles. The molecule has 1 fully saturated rings. The van der Waals surface area contributed by atoms with Crippen molar-refractivity contribution in [2.24, 2.45) is 0 Å². The van der Waals surface area contributed by atoms with Gasteiger partial charge in [-0.2, -0.15) is 0 Å². The topological polar surface area (TPSA) is 49.4 Å². The molecule has 0 bridgehead atoms. The van der Waals surface area contributed by atoms with Crippen LogP contribution in [0, 0.1) is 0 Å². The van der Waals surface area contributed by atoms with E-state index in [1.807, 2.05) is 65.6 Å². The first kappa shape index (κ1) is 16.2. The smallest absolute Gasteiger partial charge is 0.242 e. The van der Waals surface area contributed by atoms with E-state index in [2.05, 4.69) is 5.32 Å². The molecule has 1 aliphatic rings. The summed E-state index contributed by atoms with van der Waals surface area (Å²) >= 11 is 0. The van der Waals surface area contributed by atoms with E-state index in [0.717, 1.165) is 24.0 Å². The Labute approximate surface area is 142 Å². The summed E-state index contributed by atoms with van der Waals surface area (Å²) in [5.41, 5.74) is 2.07. The summed E-state index contributed by atoms with van der Waals surface area (Å²) in [7, 11) is 0. The zero-order valence-electron chi connectivity index (χ0n) is 13.7. The van der Waals surface area contributed by atoms with Crippen LogP contribution in [0.1, 0.15) is 24.0 Å². The van der Waals surface area contributed by atoms with Gasteiger partial charge in [-0.3, -0.25) is 9.59 Å². The molecule has 124 valence electrons. The van der Waals surface area contributed by atoms with Crippen LogP contribution in [-0.4, -0.2) is 29.3 Å². The van der Waals surface area contributed by atoms with Crippen LogP contribution in [0.4, 0.5) is 0 Å². The van der Waals surface area contributed by atoms with E-state index in [4.69, 9.17) is 0 Å². The van der Waals surface area contributed by atoms with Gasteiger partial charge in [0.25, 0.3) is 0 Å². The van der Waals surface area contributed by atoms with Crippen molar-refractivity contribution < 1.29 is 9.59 Å². The number of hydrogen-bond donors (Lipinski definition) is 1. The first-order valence-corrected chi connectivity index (χ1v) is 8.36. The predicted octanol–water partition coefficient (Wildman–Crippen LogP) is 2.54. The van der Waals surface area contributed by atoms with Crippen LogP contribution in [0.5, 0.6) is 0 Å². The van der Waals surface area contributed by atoms with E-state index in [1.54, 1.807) is 0 Å². The molecule has 3 rings (SSSR count). The third-order valence-electron chi connectivity index (χ3n) is 4.15. The summed E-state index contributed by atoms with van der Waals surface area (Å²) in [5.74, 6) is -0.132. The summed E-state index contributed by atoms with van der Waals surface area (Å²) in [6.07, 6.45) is 2.41. The fraction of sp³-hybridized carbons (Fsp3) is 0.300. The molecule has 0 saturated heterocycles. The van der Waals surface area contributed by atoms with Crippen molar-refractivity contribution in [3.05, 3.63) is 71.8 Å². The van der Waals surface area contributed by atoms with Crippen LogP contribution < -0.4 is 5.32 Å². The molecule has 1 saturated carbocycles. The summed E-state index contributed by atoms with van der Waals surface area (Å²) < 4.78 is 0. The quantitative estimate of drug-likeness (QED) is 0.851. The van der Waals surface area contributed by atoms with Crippen LogP contribution in [0.25, 0.3) is 0 Å². The Morgan fingerprint density at radius 1 is 0.917 bits per heavy atom. The van der Waals surface area contributed by atoms with Gasteiger partial charge in [0, 0.05) is 12.6 Å². The molecule has 2 amide bonds. The summed E-state index contributed by atoms with van der Waals surface area (Å²) in [6.45, 7) is 0.675. The molecule has 2 aromatic rings. The molecule has 0 unspecified atom stereocenters. The van der Waals surface area contributed by atoms with Gasteiger partial charge in [0.05, 0.1) is 13.0 Å². The Morgan fingerprint density at radius 2 is 1.50 bits per heavy atom. The van der Waals surface area contributed by atoms with E-state index in [9.17, 15) is 9.59 Å². The highest BCUT2D eigenvalue weighted by molar-refractivity contribution is 5.86. The normalized spacial score (nSPS) is 13.3. The summed E-state index contributed by atoms with van der Waals surface area (Å²) in [6, 6.07) is 19.8. The SMILES string of the molecule is O=C(Cc1ccccc1)NCC(=O)N(Cc1ccccc1)C1CC1. The molecule has 0 spiro atoms. The third kappa shape index (κ3) is 4.69. The van der Waals surface area contributed by atoms with Crippen molar-refractivity contribution in [3.63, 3.8) is 0 Å². The molecule has 4 nitrogen and oxygen atoms in total. The molecular formula is C20H22N2O2. The third-order valence-corrected chi connectivity index (χ3v) is 4.15. The molecule has 2 aromatic carbocycles. The molecule has 4 heteroatoms. The van der Waals surface area contributed by atoms with Gasteiger partial charge in [0.15, 0.2) is 0 Å². The number of amides is 2. The van der Waals surface area contributed by atoms with Crippen LogP contribution >= 0.6 is 0 Å². The minimum atomic E-state index is -0.120. The second-order valence-corrected chi connectivity index (χ2v) is 6.18. The van der Waals surface area contributed by atoms with Gasteiger partial charge in [0.1, 0.15) is 0 Å². The average Bonchev–Trinajstić information content (AvgIpc) is 3.44. The first-order chi connectivity index (χ1) is 11.7. The maximum absolute atomic E-state index is 12.5. The number of nitrogens with zero attached hydrogens (tertiary/aromatic N) is 1. The predicted molar refractivity (Wildman–Crippen MR) is 93.2 cm³/mol. The van der Waals surface area contributed by atoms with Gasteiger partial charge >= 0.3 is 0 Å². The van der Waals surface area contributed by atoms with Gasteiger partial charge in [-0.1, -0.05) is 60.7 Å². The monoisotopic (exact) mass is 322 g/mol. The second kappa shape index (κ2) is 7.77. The Kier molecular flexibility index (Phi) is 5.26. The fourth-order valence-corrected chi connectivity index (χ4v) is 2.71. The Hall–Kier alpha value is -2.62. The Bertz CT molecular complexity index is 681. The lowest BCUT2D eigenvalue weighted by Gasteiger charge is -2.23. The molecule has 1 N–H and O–H groups in total. The van der Waals surface area contributed by atoms with Gasteiger partial charge in [0.2, 0.25) is 11.8 Å². The zero-order valence-corrected chi connectivity index (χ0v) is 13.7. The van der Waals surface area contributed by atoms with Crippen molar-refractivity contribution in [2.45, 2.75) is 31.8 Å². The van der Waals surface area contributed by atoms with E-state index in [-0.39, 0.29) is 18.4 Å². The fourth-order valence-electron chi connectivity index (χ4n) is 2.71. The molecule has 24 heavy (non-hydrogen) atoms. The standard InChI is InChI=1S/C20H22N2O2/c23-19(13-16-7-3-1-4-8-16)21-14-20(24)22(18-11-12-18)15-17-9-5-2-6-10-17/h1-10,18H,11-15H2,(H,21,23). The van der Waals surface area contributed by atoms with E-state index in [1.165, 1.54) is 0 Å². The maximum Gasteiger partial charge on any atom is 0.242 e. The maximum atomic E-state index is 12.5. The Balaban J connectivity index is 1.51. The summed E-state index contributed by atoms with van der Waals surface area (Å²) in [5, 5.41) is 2.75. The number of hydrogen-bond acceptors (Lipinski definition) is 2. The number of benzene rings is 2. The highest BCUT2D eigenvalue weighted by Crippen LogP contribution is 2.28.